The molecule has 0 aliphatic rings. The summed E-state index contributed by atoms with van der Waals surface area (Å²) in [6.45, 7) is 3.73. The standard InChI is InChI=1S/C16H17ClFNO/c1-10-8-14(6-7-15(10)17)20-16(11(2)19)12-4-3-5-13(18)9-12/h3-9,11,16H,19H2,1-2H3. The summed E-state index contributed by atoms with van der Waals surface area (Å²) in [5, 5.41) is 0.681. The summed E-state index contributed by atoms with van der Waals surface area (Å²) in [6.07, 6.45) is -0.411. The van der Waals surface area contributed by atoms with E-state index in [1.807, 2.05) is 19.9 Å². The van der Waals surface area contributed by atoms with E-state index in [9.17, 15) is 4.39 Å². The molecule has 2 atom stereocenters. The van der Waals surface area contributed by atoms with Crippen molar-refractivity contribution in [2.24, 2.45) is 5.73 Å². The second-order valence-electron chi connectivity index (χ2n) is 4.86. The van der Waals surface area contributed by atoms with Crippen LogP contribution in [-0.2, 0) is 0 Å². The van der Waals surface area contributed by atoms with Crippen LogP contribution >= 0.6 is 11.6 Å². The zero-order valence-electron chi connectivity index (χ0n) is 11.4. The van der Waals surface area contributed by atoms with Gasteiger partial charge in [0.05, 0.1) is 0 Å². The van der Waals surface area contributed by atoms with Crippen molar-refractivity contribution >= 4 is 11.6 Å². The molecular formula is C16H17ClFNO. The Hall–Kier alpha value is -1.58. The highest BCUT2D eigenvalue weighted by molar-refractivity contribution is 6.31. The Balaban J connectivity index is 2.28. The minimum atomic E-state index is -0.411. The van der Waals surface area contributed by atoms with Crippen molar-refractivity contribution in [2.45, 2.75) is 26.0 Å². The molecule has 0 spiro atoms. The lowest BCUT2D eigenvalue weighted by Gasteiger charge is -2.23. The lowest BCUT2D eigenvalue weighted by Crippen LogP contribution is -2.29. The monoisotopic (exact) mass is 293 g/mol. The van der Waals surface area contributed by atoms with Gasteiger partial charge in [-0.3, -0.25) is 0 Å². The van der Waals surface area contributed by atoms with E-state index < -0.39 is 6.10 Å². The average Bonchev–Trinajstić information content (AvgIpc) is 2.39. The van der Waals surface area contributed by atoms with E-state index in [2.05, 4.69) is 0 Å². The van der Waals surface area contributed by atoms with E-state index in [0.29, 0.717) is 16.3 Å². The van der Waals surface area contributed by atoms with E-state index in [-0.39, 0.29) is 11.9 Å². The number of benzene rings is 2. The van der Waals surface area contributed by atoms with Gasteiger partial charge in [0.15, 0.2) is 0 Å². The van der Waals surface area contributed by atoms with Gasteiger partial charge in [0.2, 0.25) is 0 Å². The predicted octanol–water partition coefficient (Wildman–Crippen LogP) is 4.25. The molecule has 0 aliphatic heterocycles. The van der Waals surface area contributed by atoms with Gasteiger partial charge in [-0.25, -0.2) is 4.39 Å². The number of hydrogen-bond donors (Lipinski definition) is 1. The lowest BCUT2D eigenvalue weighted by atomic mass is 10.0. The number of rotatable bonds is 4. The van der Waals surface area contributed by atoms with Crippen molar-refractivity contribution in [3.63, 3.8) is 0 Å². The minimum Gasteiger partial charge on any atom is -0.484 e. The molecule has 0 heterocycles. The number of nitrogens with two attached hydrogens (primary N) is 1. The van der Waals surface area contributed by atoms with Crippen LogP contribution in [0, 0.1) is 12.7 Å². The number of hydrogen-bond acceptors (Lipinski definition) is 2. The molecule has 2 aromatic carbocycles. The Morgan fingerprint density at radius 1 is 1.20 bits per heavy atom. The highest BCUT2D eigenvalue weighted by Crippen LogP contribution is 2.27. The van der Waals surface area contributed by atoms with Crippen LogP contribution in [0.5, 0.6) is 5.75 Å². The fraction of sp³-hybridized carbons (Fsp3) is 0.250. The number of aryl methyl sites for hydroxylation is 1. The highest BCUT2D eigenvalue weighted by Gasteiger charge is 2.19. The molecule has 2 rings (SSSR count). The van der Waals surface area contributed by atoms with Crippen LogP contribution < -0.4 is 10.5 Å². The quantitative estimate of drug-likeness (QED) is 0.914. The van der Waals surface area contributed by atoms with E-state index in [1.54, 1.807) is 24.3 Å². The molecule has 2 N–H and O–H groups in total. The maximum atomic E-state index is 13.3. The average molecular weight is 294 g/mol. The van der Waals surface area contributed by atoms with Crippen LogP contribution in [-0.4, -0.2) is 6.04 Å². The summed E-state index contributed by atoms with van der Waals surface area (Å²) in [5.74, 6) is 0.363. The van der Waals surface area contributed by atoms with Crippen LogP contribution in [0.1, 0.15) is 24.2 Å². The molecular weight excluding hydrogens is 277 g/mol. The maximum Gasteiger partial charge on any atom is 0.139 e. The number of ether oxygens (including phenoxy) is 1. The van der Waals surface area contributed by atoms with Crippen molar-refractivity contribution in [1.82, 2.24) is 0 Å². The summed E-state index contributed by atoms with van der Waals surface area (Å²) in [6, 6.07) is 11.4. The first kappa shape index (κ1) is 14.8. The van der Waals surface area contributed by atoms with Gasteiger partial charge < -0.3 is 10.5 Å². The summed E-state index contributed by atoms with van der Waals surface area (Å²) < 4.78 is 19.2. The molecule has 2 nitrogen and oxygen atoms in total. The van der Waals surface area contributed by atoms with Crippen LogP contribution in [0.3, 0.4) is 0 Å². The number of halogens is 2. The molecule has 106 valence electrons. The van der Waals surface area contributed by atoms with E-state index >= 15 is 0 Å². The third kappa shape index (κ3) is 3.50. The largest absolute Gasteiger partial charge is 0.484 e. The van der Waals surface area contributed by atoms with Crippen molar-refractivity contribution in [2.75, 3.05) is 0 Å². The molecule has 2 unspecified atom stereocenters. The Labute approximate surface area is 123 Å². The molecule has 0 aromatic heterocycles. The van der Waals surface area contributed by atoms with Crippen LogP contribution in [0.15, 0.2) is 42.5 Å². The summed E-state index contributed by atoms with van der Waals surface area (Å²) in [7, 11) is 0. The van der Waals surface area contributed by atoms with Gasteiger partial charge in [-0.05, 0) is 55.3 Å². The zero-order valence-corrected chi connectivity index (χ0v) is 12.2. The fourth-order valence-electron chi connectivity index (χ4n) is 2.00. The SMILES string of the molecule is Cc1cc(OC(c2cccc(F)c2)C(C)N)ccc1Cl. The van der Waals surface area contributed by atoms with E-state index in [4.69, 9.17) is 22.1 Å². The minimum absolute atomic E-state index is 0.271. The molecule has 0 amide bonds. The van der Waals surface area contributed by atoms with Crippen molar-refractivity contribution in [1.29, 1.82) is 0 Å². The Bertz CT molecular complexity index is 601. The van der Waals surface area contributed by atoms with Crippen molar-refractivity contribution < 1.29 is 9.13 Å². The molecule has 0 aliphatic carbocycles. The van der Waals surface area contributed by atoms with E-state index in [1.165, 1.54) is 12.1 Å². The maximum absolute atomic E-state index is 13.3. The van der Waals surface area contributed by atoms with Crippen molar-refractivity contribution in [3.05, 3.63) is 64.4 Å². The predicted molar refractivity (Wildman–Crippen MR) is 79.6 cm³/mol. The first-order valence-electron chi connectivity index (χ1n) is 6.41. The van der Waals surface area contributed by atoms with Gasteiger partial charge in [-0.1, -0.05) is 23.7 Å². The molecule has 0 saturated carbocycles. The molecule has 0 bridgehead atoms. The molecule has 0 fully saturated rings. The smallest absolute Gasteiger partial charge is 0.139 e. The van der Waals surface area contributed by atoms with Crippen LogP contribution in [0.25, 0.3) is 0 Å². The highest BCUT2D eigenvalue weighted by atomic mass is 35.5. The summed E-state index contributed by atoms with van der Waals surface area (Å²) in [5.41, 5.74) is 7.60. The fourth-order valence-corrected chi connectivity index (χ4v) is 2.12. The third-order valence-electron chi connectivity index (χ3n) is 3.05. The molecule has 20 heavy (non-hydrogen) atoms. The molecule has 4 heteroatoms. The first-order chi connectivity index (χ1) is 9.47. The second kappa shape index (κ2) is 6.25. The summed E-state index contributed by atoms with van der Waals surface area (Å²) >= 11 is 5.99. The van der Waals surface area contributed by atoms with Crippen molar-refractivity contribution in [3.8, 4) is 5.75 Å². The topological polar surface area (TPSA) is 35.2 Å². The van der Waals surface area contributed by atoms with Crippen LogP contribution in [0.2, 0.25) is 5.02 Å². The Kier molecular flexibility index (Phi) is 4.63. The van der Waals surface area contributed by atoms with Crippen LogP contribution in [0.4, 0.5) is 4.39 Å². The van der Waals surface area contributed by atoms with E-state index in [0.717, 1.165) is 5.56 Å². The van der Waals surface area contributed by atoms with Gasteiger partial charge in [0.25, 0.3) is 0 Å². The van der Waals surface area contributed by atoms with Gasteiger partial charge >= 0.3 is 0 Å². The van der Waals surface area contributed by atoms with Gasteiger partial charge in [-0.15, -0.1) is 0 Å². The zero-order chi connectivity index (χ0) is 14.7. The first-order valence-corrected chi connectivity index (χ1v) is 6.79. The molecule has 0 saturated heterocycles. The second-order valence-corrected chi connectivity index (χ2v) is 5.27. The van der Waals surface area contributed by atoms with Gasteiger partial charge in [0, 0.05) is 11.1 Å². The Morgan fingerprint density at radius 2 is 1.95 bits per heavy atom. The lowest BCUT2D eigenvalue weighted by molar-refractivity contribution is 0.180. The normalized spacial score (nSPS) is 13.8. The summed E-state index contributed by atoms with van der Waals surface area (Å²) in [4.78, 5) is 0. The van der Waals surface area contributed by atoms with Gasteiger partial charge in [-0.2, -0.15) is 0 Å². The Morgan fingerprint density at radius 3 is 2.55 bits per heavy atom. The van der Waals surface area contributed by atoms with Gasteiger partial charge in [0.1, 0.15) is 17.7 Å². The third-order valence-corrected chi connectivity index (χ3v) is 3.47. The molecule has 2 aromatic rings. The molecule has 0 radical (unpaired) electrons.